The number of Topliss-reactive ketones (excluding diaryl/α,β-unsaturated/α-hetero) is 1. The maximum atomic E-state index is 11.9. The van der Waals surface area contributed by atoms with Gasteiger partial charge in [-0.05, 0) is 18.1 Å². The number of hydrogen-bond donors (Lipinski definition) is 0. The number of oxazole rings is 1. The number of fused-ring (bicyclic) bond motifs is 1. The zero-order valence-electron chi connectivity index (χ0n) is 10.4. The molecule has 1 fully saturated rings. The maximum absolute atomic E-state index is 11.9. The lowest BCUT2D eigenvalue weighted by Gasteiger charge is -2.05. The fraction of sp³-hybridized carbons (Fsp3) is 0.467. The summed E-state index contributed by atoms with van der Waals surface area (Å²) in [6, 6.07) is 7.63. The van der Waals surface area contributed by atoms with E-state index in [0.29, 0.717) is 24.7 Å². The van der Waals surface area contributed by atoms with Gasteiger partial charge < -0.3 is 4.42 Å². The van der Waals surface area contributed by atoms with E-state index in [1.807, 2.05) is 24.3 Å². The third-order valence-electron chi connectivity index (χ3n) is 3.68. The van der Waals surface area contributed by atoms with Crippen LogP contribution in [0.1, 0.15) is 38.0 Å². The number of ketones is 1. The molecule has 2 aromatic rings. The molecule has 0 saturated heterocycles. The summed E-state index contributed by atoms with van der Waals surface area (Å²) in [5, 5.41) is 0. The van der Waals surface area contributed by atoms with E-state index in [1.165, 1.54) is 25.7 Å². The lowest BCUT2D eigenvalue weighted by Crippen LogP contribution is -2.08. The van der Waals surface area contributed by atoms with Crippen LogP contribution in [0.3, 0.4) is 0 Å². The Labute approximate surface area is 106 Å². The molecule has 1 saturated carbocycles. The molecule has 3 rings (SSSR count). The van der Waals surface area contributed by atoms with Crippen LogP contribution in [0.2, 0.25) is 0 Å². The van der Waals surface area contributed by atoms with Crippen LogP contribution >= 0.6 is 0 Å². The largest absolute Gasteiger partial charge is 0.440 e. The summed E-state index contributed by atoms with van der Waals surface area (Å²) in [6.07, 6.45) is 6.00. The summed E-state index contributed by atoms with van der Waals surface area (Å²) in [6.45, 7) is 0. The van der Waals surface area contributed by atoms with Crippen molar-refractivity contribution in [3.05, 3.63) is 30.2 Å². The molecule has 1 aliphatic carbocycles. The molecule has 18 heavy (non-hydrogen) atoms. The van der Waals surface area contributed by atoms with Gasteiger partial charge in [0.05, 0.1) is 6.42 Å². The minimum Gasteiger partial charge on any atom is -0.440 e. The number of para-hydroxylation sites is 2. The van der Waals surface area contributed by atoms with Gasteiger partial charge in [0.15, 0.2) is 5.58 Å². The first kappa shape index (κ1) is 11.5. The molecule has 0 amide bonds. The number of benzene rings is 1. The topological polar surface area (TPSA) is 43.1 Å². The molecular weight excluding hydrogens is 226 g/mol. The van der Waals surface area contributed by atoms with Crippen LogP contribution in [0.5, 0.6) is 0 Å². The molecule has 0 unspecified atom stereocenters. The Kier molecular flexibility index (Phi) is 3.13. The van der Waals surface area contributed by atoms with Crippen molar-refractivity contribution in [1.29, 1.82) is 0 Å². The highest BCUT2D eigenvalue weighted by atomic mass is 16.3. The van der Waals surface area contributed by atoms with E-state index in [0.717, 1.165) is 11.1 Å². The first-order valence-electron chi connectivity index (χ1n) is 6.67. The zero-order chi connectivity index (χ0) is 12.4. The van der Waals surface area contributed by atoms with E-state index >= 15 is 0 Å². The second-order valence-corrected chi connectivity index (χ2v) is 5.15. The van der Waals surface area contributed by atoms with Crippen molar-refractivity contribution >= 4 is 16.9 Å². The van der Waals surface area contributed by atoms with Crippen LogP contribution in [0.4, 0.5) is 0 Å². The van der Waals surface area contributed by atoms with Crippen molar-refractivity contribution in [3.63, 3.8) is 0 Å². The fourth-order valence-corrected chi connectivity index (χ4v) is 2.77. The van der Waals surface area contributed by atoms with Crippen LogP contribution in [0.15, 0.2) is 28.7 Å². The third kappa shape index (κ3) is 2.45. The molecular formula is C15H17NO2. The Morgan fingerprint density at radius 3 is 2.83 bits per heavy atom. The molecule has 0 bridgehead atoms. The van der Waals surface area contributed by atoms with Gasteiger partial charge in [-0.3, -0.25) is 4.79 Å². The first-order valence-corrected chi connectivity index (χ1v) is 6.67. The van der Waals surface area contributed by atoms with Crippen molar-refractivity contribution in [2.45, 2.75) is 38.5 Å². The lowest BCUT2D eigenvalue weighted by molar-refractivity contribution is -0.119. The van der Waals surface area contributed by atoms with Crippen molar-refractivity contribution < 1.29 is 9.21 Å². The Bertz CT molecular complexity index is 519. The summed E-state index contributed by atoms with van der Waals surface area (Å²) in [7, 11) is 0. The molecule has 0 spiro atoms. The molecule has 1 aromatic heterocycles. The molecule has 3 heteroatoms. The second kappa shape index (κ2) is 4.92. The highest BCUT2D eigenvalue weighted by Crippen LogP contribution is 2.28. The number of nitrogens with zero attached hydrogens (tertiary/aromatic N) is 1. The van der Waals surface area contributed by atoms with Crippen LogP contribution in [0.25, 0.3) is 11.1 Å². The van der Waals surface area contributed by atoms with E-state index < -0.39 is 0 Å². The summed E-state index contributed by atoms with van der Waals surface area (Å²) in [4.78, 5) is 16.3. The van der Waals surface area contributed by atoms with Crippen molar-refractivity contribution in [2.75, 3.05) is 0 Å². The van der Waals surface area contributed by atoms with Gasteiger partial charge in [-0.25, -0.2) is 4.98 Å². The molecule has 0 N–H and O–H groups in total. The molecule has 0 radical (unpaired) electrons. The maximum Gasteiger partial charge on any atom is 0.202 e. The number of hydrogen-bond acceptors (Lipinski definition) is 3. The minimum absolute atomic E-state index is 0.258. The van der Waals surface area contributed by atoms with Gasteiger partial charge in [0.25, 0.3) is 0 Å². The quantitative estimate of drug-likeness (QED) is 0.825. The summed E-state index contributed by atoms with van der Waals surface area (Å²) < 4.78 is 5.57. The third-order valence-corrected chi connectivity index (χ3v) is 3.68. The van der Waals surface area contributed by atoms with Gasteiger partial charge in [-0.1, -0.05) is 37.8 Å². The van der Waals surface area contributed by atoms with Crippen molar-refractivity contribution in [1.82, 2.24) is 4.98 Å². The normalized spacial score (nSPS) is 16.4. The van der Waals surface area contributed by atoms with E-state index in [2.05, 4.69) is 4.98 Å². The standard InChI is InChI=1S/C15H17NO2/c17-12(9-11-5-1-2-6-11)10-15-16-13-7-3-4-8-14(13)18-15/h3-4,7-8,11H,1-2,5-6,9-10H2. The van der Waals surface area contributed by atoms with E-state index in [1.54, 1.807) is 0 Å². The van der Waals surface area contributed by atoms with Crippen LogP contribution in [-0.2, 0) is 11.2 Å². The van der Waals surface area contributed by atoms with Crippen LogP contribution in [0, 0.1) is 5.92 Å². The van der Waals surface area contributed by atoms with E-state index in [4.69, 9.17) is 4.42 Å². The van der Waals surface area contributed by atoms with E-state index in [9.17, 15) is 4.79 Å². The minimum atomic E-state index is 0.258. The van der Waals surface area contributed by atoms with Gasteiger partial charge in [-0.2, -0.15) is 0 Å². The fourth-order valence-electron chi connectivity index (χ4n) is 2.77. The molecule has 0 atom stereocenters. The highest BCUT2D eigenvalue weighted by molar-refractivity contribution is 5.81. The summed E-state index contributed by atoms with van der Waals surface area (Å²) >= 11 is 0. The smallest absolute Gasteiger partial charge is 0.202 e. The Balaban J connectivity index is 1.66. The van der Waals surface area contributed by atoms with Gasteiger partial charge in [0, 0.05) is 6.42 Å². The van der Waals surface area contributed by atoms with Crippen molar-refractivity contribution in [3.8, 4) is 0 Å². The van der Waals surface area contributed by atoms with Crippen molar-refractivity contribution in [2.24, 2.45) is 5.92 Å². The molecule has 1 heterocycles. The second-order valence-electron chi connectivity index (χ2n) is 5.15. The van der Waals surface area contributed by atoms with E-state index in [-0.39, 0.29) is 5.78 Å². The first-order chi connectivity index (χ1) is 8.81. The van der Waals surface area contributed by atoms with Gasteiger partial charge in [0.2, 0.25) is 5.89 Å². The number of rotatable bonds is 4. The lowest BCUT2D eigenvalue weighted by atomic mass is 10.00. The van der Waals surface area contributed by atoms with Gasteiger partial charge in [-0.15, -0.1) is 0 Å². The average molecular weight is 243 g/mol. The number of carbonyl (C=O) groups is 1. The van der Waals surface area contributed by atoms with Gasteiger partial charge in [0.1, 0.15) is 11.3 Å². The Morgan fingerprint density at radius 1 is 1.28 bits per heavy atom. The molecule has 1 aromatic carbocycles. The van der Waals surface area contributed by atoms with Crippen LogP contribution in [-0.4, -0.2) is 10.8 Å². The number of carbonyl (C=O) groups excluding carboxylic acids is 1. The van der Waals surface area contributed by atoms with Gasteiger partial charge >= 0.3 is 0 Å². The Morgan fingerprint density at radius 2 is 2.06 bits per heavy atom. The monoisotopic (exact) mass is 243 g/mol. The predicted molar refractivity (Wildman–Crippen MR) is 69.3 cm³/mol. The molecule has 0 aliphatic heterocycles. The number of aromatic nitrogens is 1. The SMILES string of the molecule is O=C(Cc1nc2ccccc2o1)CC1CCCC1. The zero-order valence-corrected chi connectivity index (χ0v) is 10.4. The highest BCUT2D eigenvalue weighted by Gasteiger charge is 2.19. The average Bonchev–Trinajstić information content (AvgIpc) is 2.96. The predicted octanol–water partition coefficient (Wildman–Crippen LogP) is 3.52. The molecule has 94 valence electrons. The summed E-state index contributed by atoms with van der Waals surface area (Å²) in [5.41, 5.74) is 1.60. The molecule has 1 aliphatic rings. The molecule has 3 nitrogen and oxygen atoms in total. The Hall–Kier alpha value is -1.64. The summed E-state index contributed by atoms with van der Waals surface area (Å²) in [5.74, 6) is 1.41. The van der Waals surface area contributed by atoms with Crippen LogP contribution < -0.4 is 0 Å².